The Morgan fingerprint density at radius 3 is 1.48 bits per heavy atom. The van der Waals surface area contributed by atoms with Crippen LogP contribution in [0.4, 0.5) is 0 Å². The van der Waals surface area contributed by atoms with Crippen molar-refractivity contribution in [1.82, 2.24) is 0 Å². The summed E-state index contributed by atoms with van der Waals surface area (Å²) in [5.41, 5.74) is 3.68. The monoisotopic (exact) mass is 936 g/mol. The molecule has 5 aromatic carbocycles. The average molecular weight is 937 g/mol. The van der Waals surface area contributed by atoms with Gasteiger partial charge in [0.25, 0.3) is 0 Å². The van der Waals surface area contributed by atoms with Crippen molar-refractivity contribution in [3.05, 3.63) is 205 Å². The van der Waals surface area contributed by atoms with E-state index < -0.39 is 0 Å². The van der Waals surface area contributed by atoms with Crippen LogP contribution in [0.25, 0.3) is 6.08 Å². The predicted octanol–water partition coefficient (Wildman–Crippen LogP) is 11.8. The molecule has 1 saturated heterocycles. The van der Waals surface area contributed by atoms with E-state index in [9.17, 15) is 28.8 Å². The molecule has 1 aliphatic heterocycles. The number of carbonyl (C=O) groups is 6. The van der Waals surface area contributed by atoms with E-state index in [0.717, 1.165) is 22.8 Å². The van der Waals surface area contributed by atoms with Crippen molar-refractivity contribution in [1.29, 1.82) is 0 Å². The SMILES string of the molecule is C=CC(=O)COc1ccc(C(C)=O)cc1.C=COc1ccc(C(C)=O)cc1.CC(=O)c1ccc(OC2CO2)cc1.CC=C/C=C/COc1ccc(C(C)=O)cc1.COc1cccc(C=CC(C)=O)c1. The first-order valence-corrected chi connectivity index (χ1v) is 21.6. The first-order chi connectivity index (χ1) is 33.1. The Morgan fingerprint density at radius 2 is 1.07 bits per heavy atom. The van der Waals surface area contributed by atoms with Crippen LogP contribution in [0.1, 0.15) is 88.5 Å². The van der Waals surface area contributed by atoms with Crippen LogP contribution in [0, 0.1) is 0 Å². The molecule has 0 aliphatic carbocycles. The maximum absolute atomic E-state index is 11.0. The van der Waals surface area contributed by atoms with Crippen molar-refractivity contribution in [2.24, 2.45) is 0 Å². The van der Waals surface area contributed by atoms with Gasteiger partial charge in [0.15, 0.2) is 41.3 Å². The van der Waals surface area contributed by atoms with Gasteiger partial charge in [-0.3, -0.25) is 28.8 Å². The minimum atomic E-state index is -0.175. The maximum atomic E-state index is 11.0. The summed E-state index contributed by atoms with van der Waals surface area (Å²) in [5.74, 6) is 3.63. The summed E-state index contributed by atoms with van der Waals surface area (Å²) in [6.07, 6.45) is 13.6. The quantitative estimate of drug-likeness (QED) is 0.0254. The topological polar surface area (TPSA) is 161 Å². The molecule has 0 amide bonds. The minimum Gasteiger partial charge on any atom is -0.497 e. The van der Waals surface area contributed by atoms with Gasteiger partial charge in [0, 0.05) is 22.3 Å². The fraction of sp³-hybridized carbons (Fsp3) is 0.193. The van der Waals surface area contributed by atoms with Gasteiger partial charge in [0.05, 0.1) is 13.4 Å². The number of ether oxygens (including phenoxy) is 6. The molecule has 0 spiro atoms. The van der Waals surface area contributed by atoms with E-state index in [4.69, 9.17) is 28.4 Å². The van der Waals surface area contributed by atoms with Crippen molar-refractivity contribution in [2.45, 2.75) is 47.8 Å². The van der Waals surface area contributed by atoms with Crippen LogP contribution in [0.15, 0.2) is 177 Å². The molecule has 69 heavy (non-hydrogen) atoms. The van der Waals surface area contributed by atoms with Crippen LogP contribution >= 0.6 is 0 Å². The van der Waals surface area contributed by atoms with E-state index in [1.54, 1.807) is 124 Å². The number of epoxide rings is 1. The zero-order chi connectivity index (χ0) is 51.0. The third-order valence-corrected chi connectivity index (χ3v) is 8.83. The standard InChI is InChI=1S/C14H16O2.C12H12O3.C11H12O2.C10H10O3.C10H10O2/c1-3-4-5-6-11-16-14-9-7-13(8-10-14)12(2)15;1-3-11(14)8-15-12-6-4-10(5-7-12)9(2)13;1-9(12)6-7-10-4-3-5-11(8-10)13-2;1-7(11)8-2-4-9(5-3-8)13-10-6-12-10;1-3-12-10-6-4-9(5-7-10)8(2)11/h3-10H,11H2,1-2H3;3-7H,1,8H2,2H3;3-8H,1-2H3;2-5,10H,6H2,1H3;3-7H,1H2,2H3/b4-3?,6-5+;;;;. The number of Topliss-reactive ketones (excluding diaryl/α,β-unsaturated/α-hetero) is 4. The van der Waals surface area contributed by atoms with Gasteiger partial charge in [-0.05, 0) is 175 Å². The van der Waals surface area contributed by atoms with E-state index in [-0.39, 0.29) is 47.6 Å². The van der Waals surface area contributed by atoms with Crippen LogP contribution in [0.5, 0.6) is 28.7 Å². The number of methoxy groups -OCH3 is 1. The van der Waals surface area contributed by atoms with Crippen LogP contribution in [-0.2, 0) is 14.3 Å². The fourth-order valence-electron chi connectivity index (χ4n) is 5.03. The highest BCUT2D eigenvalue weighted by molar-refractivity contribution is 5.96. The fourth-order valence-corrected chi connectivity index (χ4v) is 5.03. The number of hydrogen-bond acceptors (Lipinski definition) is 12. The smallest absolute Gasteiger partial charge is 0.223 e. The summed E-state index contributed by atoms with van der Waals surface area (Å²) in [5, 5.41) is 0. The molecule has 1 heterocycles. The molecule has 0 N–H and O–H groups in total. The second-order valence-corrected chi connectivity index (χ2v) is 14.4. The van der Waals surface area contributed by atoms with Crippen LogP contribution in [0.2, 0.25) is 0 Å². The number of hydrogen-bond donors (Lipinski definition) is 0. The summed E-state index contributed by atoms with van der Waals surface area (Å²) in [7, 11) is 1.62. The maximum Gasteiger partial charge on any atom is 0.223 e. The summed E-state index contributed by atoms with van der Waals surface area (Å²) in [6, 6.07) is 35.3. The zero-order valence-electron chi connectivity index (χ0n) is 40.2. The van der Waals surface area contributed by atoms with Crippen molar-refractivity contribution in [3.63, 3.8) is 0 Å². The molecule has 1 atom stereocenters. The van der Waals surface area contributed by atoms with Gasteiger partial charge in [-0.2, -0.15) is 0 Å². The highest BCUT2D eigenvalue weighted by Gasteiger charge is 2.24. The molecule has 1 fully saturated rings. The molecule has 1 unspecified atom stereocenters. The molecule has 12 heteroatoms. The Bertz CT molecular complexity index is 2510. The molecule has 0 saturated carbocycles. The Labute approximate surface area is 405 Å². The zero-order valence-corrected chi connectivity index (χ0v) is 40.2. The number of ketones is 6. The Morgan fingerprint density at radius 1 is 0.609 bits per heavy atom. The van der Waals surface area contributed by atoms with Crippen LogP contribution in [-0.4, -0.2) is 67.9 Å². The average Bonchev–Trinajstić information content (AvgIpc) is 4.18. The lowest BCUT2D eigenvalue weighted by atomic mass is 10.1. The first-order valence-electron chi connectivity index (χ1n) is 21.6. The molecule has 5 aromatic rings. The highest BCUT2D eigenvalue weighted by atomic mass is 16.8. The van der Waals surface area contributed by atoms with Crippen molar-refractivity contribution >= 4 is 40.8 Å². The Balaban J connectivity index is 0.000000297. The summed E-state index contributed by atoms with van der Waals surface area (Å²) < 4.78 is 30.9. The second-order valence-electron chi connectivity index (χ2n) is 14.4. The first kappa shape index (κ1) is 56.9. The lowest BCUT2D eigenvalue weighted by molar-refractivity contribution is -0.116. The van der Waals surface area contributed by atoms with E-state index in [1.165, 1.54) is 39.2 Å². The summed E-state index contributed by atoms with van der Waals surface area (Å²) in [4.78, 5) is 65.3. The van der Waals surface area contributed by atoms with Gasteiger partial charge < -0.3 is 28.4 Å². The van der Waals surface area contributed by atoms with E-state index >= 15 is 0 Å². The number of allylic oxidation sites excluding steroid dienone is 4. The number of benzene rings is 5. The molecule has 0 aromatic heterocycles. The molecular formula is C57H60O12. The van der Waals surface area contributed by atoms with Crippen molar-refractivity contribution < 1.29 is 57.2 Å². The normalized spacial score (nSPS) is 11.8. The van der Waals surface area contributed by atoms with Gasteiger partial charge in [-0.25, -0.2) is 0 Å². The largest absolute Gasteiger partial charge is 0.497 e. The minimum absolute atomic E-state index is 0.00344. The van der Waals surface area contributed by atoms with Gasteiger partial charge in [-0.1, -0.05) is 49.6 Å². The lowest BCUT2D eigenvalue weighted by Gasteiger charge is -2.03. The van der Waals surface area contributed by atoms with Gasteiger partial charge >= 0.3 is 0 Å². The van der Waals surface area contributed by atoms with E-state index in [1.807, 2.05) is 55.5 Å². The lowest BCUT2D eigenvalue weighted by Crippen LogP contribution is -2.07. The van der Waals surface area contributed by atoms with Gasteiger partial charge in [0.1, 0.15) is 42.0 Å². The van der Waals surface area contributed by atoms with Gasteiger partial charge in [-0.15, -0.1) is 0 Å². The third kappa shape index (κ3) is 25.3. The molecule has 0 bridgehead atoms. The van der Waals surface area contributed by atoms with Crippen molar-refractivity contribution in [2.75, 3.05) is 26.9 Å². The van der Waals surface area contributed by atoms with Crippen LogP contribution in [0.3, 0.4) is 0 Å². The van der Waals surface area contributed by atoms with E-state index in [0.29, 0.717) is 47.0 Å². The van der Waals surface area contributed by atoms with Crippen molar-refractivity contribution in [3.8, 4) is 28.7 Å². The van der Waals surface area contributed by atoms with E-state index in [2.05, 4.69) is 13.2 Å². The molecule has 1 aliphatic rings. The highest BCUT2D eigenvalue weighted by Crippen LogP contribution is 2.20. The Hall–Kier alpha value is -8.22. The summed E-state index contributed by atoms with van der Waals surface area (Å²) >= 11 is 0. The molecular weight excluding hydrogens is 877 g/mol. The second kappa shape index (κ2) is 32.5. The molecule has 360 valence electrons. The molecule has 6 rings (SSSR count). The van der Waals surface area contributed by atoms with Crippen LogP contribution < -0.4 is 23.7 Å². The third-order valence-electron chi connectivity index (χ3n) is 8.83. The Kier molecular flexibility index (Phi) is 26.8. The molecule has 0 radical (unpaired) electrons. The number of rotatable bonds is 19. The summed E-state index contributed by atoms with van der Waals surface area (Å²) in [6.45, 7) is 17.5. The predicted molar refractivity (Wildman–Crippen MR) is 270 cm³/mol. The molecule has 12 nitrogen and oxygen atoms in total. The number of carbonyl (C=O) groups excluding carboxylic acids is 6. The van der Waals surface area contributed by atoms with Gasteiger partial charge in [0.2, 0.25) is 6.29 Å².